The molecule has 0 N–H and O–H groups in total. The predicted octanol–water partition coefficient (Wildman–Crippen LogP) is 2.94. The second kappa shape index (κ2) is 7.53. The summed E-state index contributed by atoms with van der Waals surface area (Å²) in [6.45, 7) is 1.64. The lowest BCUT2D eigenvalue weighted by molar-refractivity contribution is 0.596. The van der Waals surface area contributed by atoms with E-state index in [4.69, 9.17) is 0 Å². The fourth-order valence-electron chi connectivity index (χ4n) is 3.49. The average Bonchev–Trinajstić information content (AvgIpc) is 3.16. The lowest BCUT2D eigenvalue weighted by Gasteiger charge is -2.11. The molecule has 0 atom stereocenters. The average molecular weight is 423 g/mol. The van der Waals surface area contributed by atoms with Crippen LogP contribution >= 0.6 is 0 Å². The second-order valence-corrected chi connectivity index (χ2v) is 9.70. The molecule has 0 unspecified atom stereocenters. The number of pyridine rings is 2. The molecule has 0 radical (unpaired) electrons. The normalized spacial score (nSPS) is 11.8. The SMILES string of the molecule is CCS(=O)(=O)Cc1ccnc(-c2cn(C)c(=O)c3ccc(-c4cnn(C)c4)cc23)c1. The Morgan fingerprint density at radius 2 is 1.80 bits per heavy atom. The molecule has 0 saturated carbocycles. The van der Waals surface area contributed by atoms with E-state index in [2.05, 4.69) is 10.1 Å². The maximum Gasteiger partial charge on any atom is 0.258 e. The summed E-state index contributed by atoms with van der Waals surface area (Å²) < 4.78 is 27.4. The van der Waals surface area contributed by atoms with Gasteiger partial charge in [0.25, 0.3) is 5.56 Å². The van der Waals surface area contributed by atoms with Crippen LogP contribution in [0.4, 0.5) is 0 Å². The van der Waals surface area contributed by atoms with Crippen LogP contribution in [0.25, 0.3) is 33.2 Å². The Hall–Kier alpha value is -3.26. The van der Waals surface area contributed by atoms with Gasteiger partial charge >= 0.3 is 0 Å². The fraction of sp³-hybridized carbons (Fsp3) is 0.227. The van der Waals surface area contributed by atoms with Crippen LogP contribution in [0.3, 0.4) is 0 Å². The number of nitrogens with zero attached hydrogens (tertiary/aromatic N) is 4. The summed E-state index contributed by atoms with van der Waals surface area (Å²) in [7, 11) is 0.391. The monoisotopic (exact) mass is 422 g/mol. The second-order valence-electron chi connectivity index (χ2n) is 7.35. The van der Waals surface area contributed by atoms with Crippen LogP contribution < -0.4 is 5.56 Å². The first-order chi connectivity index (χ1) is 14.3. The molecule has 154 valence electrons. The van der Waals surface area contributed by atoms with Crippen molar-refractivity contribution >= 4 is 20.6 Å². The minimum Gasteiger partial charge on any atom is -0.317 e. The maximum atomic E-state index is 12.7. The van der Waals surface area contributed by atoms with Crippen LogP contribution in [0.2, 0.25) is 0 Å². The summed E-state index contributed by atoms with van der Waals surface area (Å²) in [5, 5.41) is 5.57. The van der Waals surface area contributed by atoms with Crippen molar-refractivity contribution in [1.29, 1.82) is 0 Å². The first-order valence-corrected chi connectivity index (χ1v) is 11.4. The molecular formula is C22H22N4O3S. The molecule has 0 aliphatic carbocycles. The van der Waals surface area contributed by atoms with E-state index in [0.717, 1.165) is 22.1 Å². The largest absolute Gasteiger partial charge is 0.317 e. The Bertz CT molecular complexity index is 1420. The van der Waals surface area contributed by atoms with Crippen molar-refractivity contribution in [2.45, 2.75) is 12.7 Å². The third kappa shape index (κ3) is 3.78. The number of sulfone groups is 1. The van der Waals surface area contributed by atoms with Gasteiger partial charge in [-0.15, -0.1) is 0 Å². The van der Waals surface area contributed by atoms with Gasteiger partial charge in [0.1, 0.15) is 0 Å². The molecule has 0 bridgehead atoms. The number of rotatable bonds is 5. The van der Waals surface area contributed by atoms with Crippen LogP contribution in [-0.4, -0.2) is 33.5 Å². The van der Waals surface area contributed by atoms with Gasteiger partial charge in [-0.05, 0) is 40.8 Å². The van der Waals surface area contributed by atoms with E-state index in [0.29, 0.717) is 16.6 Å². The number of benzene rings is 1. The van der Waals surface area contributed by atoms with Gasteiger partial charge in [0.05, 0.1) is 17.6 Å². The molecule has 3 aromatic heterocycles. The van der Waals surface area contributed by atoms with E-state index in [1.165, 1.54) is 4.57 Å². The van der Waals surface area contributed by atoms with E-state index in [-0.39, 0.29) is 17.1 Å². The summed E-state index contributed by atoms with van der Waals surface area (Å²) >= 11 is 0. The molecule has 30 heavy (non-hydrogen) atoms. The van der Waals surface area contributed by atoms with Gasteiger partial charge in [-0.1, -0.05) is 13.0 Å². The third-order valence-electron chi connectivity index (χ3n) is 5.15. The van der Waals surface area contributed by atoms with Gasteiger partial charge in [-0.3, -0.25) is 14.5 Å². The molecule has 1 aromatic carbocycles. The van der Waals surface area contributed by atoms with E-state index in [1.807, 2.05) is 31.4 Å². The number of fused-ring (bicyclic) bond motifs is 1. The molecule has 4 rings (SSSR count). The molecule has 0 spiro atoms. The quantitative estimate of drug-likeness (QED) is 0.494. The zero-order valence-corrected chi connectivity index (χ0v) is 17.8. The summed E-state index contributed by atoms with van der Waals surface area (Å²) in [5.74, 6) is 0.0472. The molecule has 0 aliphatic rings. The molecule has 0 fully saturated rings. The van der Waals surface area contributed by atoms with E-state index in [1.54, 1.807) is 49.4 Å². The number of hydrogen-bond donors (Lipinski definition) is 0. The molecular weight excluding hydrogens is 400 g/mol. The highest BCUT2D eigenvalue weighted by atomic mass is 32.2. The van der Waals surface area contributed by atoms with Gasteiger partial charge < -0.3 is 4.57 Å². The van der Waals surface area contributed by atoms with Crippen molar-refractivity contribution in [2.75, 3.05) is 5.75 Å². The first-order valence-electron chi connectivity index (χ1n) is 9.55. The van der Waals surface area contributed by atoms with Crippen molar-refractivity contribution in [3.05, 3.63) is 71.0 Å². The highest BCUT2D eigenvalue weighted by Crippen LogP contribution is 2.30. The minimum absolute atomic E-state index is 0.0380. The maximum absolute atomic E-state index is 12.7. The lowest BCUT2D eigenvalue weighted by atomic mass is 9.99. The highest BCUT2D eigenvalue weighted by Gasteiger charge is 2.14. The van der Waals surface area contributed by atoms with Crippen molar-refractivity contribution in [2.24, 2.45) is 14.1 Å². The summed E-state index contributed by atoms with van der Waals surface area (Å²) in [6.07, 6.45) is 7.04. The van der Waals surface area contributed by atoms with Crippen molar-refractivity contribution in [1.82, 2.24) is 19.3 Å². The smallest absolute Gasteiger partial charge is 0.258 e. The van der Waals surface area contributed by atoms with Crippen LogP contribution in [0.15, 0.2) is 59.9 Å². The molecule has 0 amide bonds. The molecule has 7 nitrogen and oxygen atoms in total. The standard InChI is InChI=1S/C22H22N4O3S/c1-4-30(28,29)14-15-7-8-23-21(9-15)20-13-25(2)22(27)18-6-5-16(10-19(18)20)17-11-24-26(3)12-17/h5-13H,4,14H2,1-3H3. The van der Waals surface area contributed by atoms with Gasteiger partial charge in [-0.25, -0.2) is 8.42 Å². The Kier molecular flexibility index (Phi) is 5.03. The van der Waals surface area contributed by atoms with Crippen molar-refractivity contribution in [3.8, 4) is 22.4 Å². The Morgan fingerprint density at radius 3 is 2.50 bits per heavy atom. The zero-order chi connectivity index (χ0) is 21.5. The van der Waals surface area contributed by atoms with Crippen LogP contribution in [-0.2, 0) is 29.7 Å². The third-order valence-corrected chi connectivity index (χ3v) is 6.80. The van der Waals surface area contributed by atoms with Gasteiger partial charge in [0.2, 0.25) is 0 Å². The topological polar surface area (TPSA) is 86.8 Å². The number of hydrogen-bond acceptors (Lipinski definition) is 5. The van der Waals surface area contributed by atoms with Crippen LogP contribution in [0, 0.1) is 0 Å². The predicted molar refractivity (Wildman–Crippen MR) is 118 cm³/mol. The van der Waals surface area contributed by atoms with E-state index < -0.39 is 9.84 Å². The van der Waals surface area contributed by atoms with E-state index in [9.17, 15) is 13.2 Å². The fourth-order valence-corrected chi connectivity index (χ4v) is 4.38. The lowest BCUT2D eigenvalue weighted by Crippen LogP contribution is -2.16. The molecule has 3 heterocycles. The van der Waals surface area contributed by atoms with Crippen molar-refractivity contribution in [3.63, 3.8) is 0 Å². The van der Waals surface area contributed by atoms with Gasteiger partial charge in [0.15, 0.2) is 9.84 Å². The molecule has 0 saturated heterocycles. The summed E-state index contributed by atoms with van der Waals surface area (Å²) in [6, 6.07) is 9.17. The Labute approximate surface area is 174 Å². The van der Waals surface area contributed by atoms with Gasteiger partial charge in [-0.2, -0.15) is 5.10 Å². The Morgan fingerprint density at radius 1 is 1.00 bits per heavy atom. The minimum atomic E-state index is -3.16. The van der Waals surface area contributed by atoms with Crippen molar-refractivity contribution < 1.29 is 8.42 Å². The molecule has 4 aromatic rings. The first kappa shape index (κ1) is 20.0. The highest BCUT2D eigenvalue weighted by molar-refractivity contribution is 7.90. The zero-order valence-electron chi connectivity index (χ0n) is 17.0. The van der Waals surface area contributed by atoms with E-state index >= 15 is 0 Å². The Balaban J connectivity index is 1.92. The van der Waals surface area contributed by atoms with Crippen LogP contribution in [0.1, 0.15) is 12.5 Å². The van der Waals surface area contributed by atoms with Crippen LogP contribution in [0.5, 0.6) is 0 Å². The molecule has 8 heteroatoms. The summed E-state index contributed by atoms with van der Waals surface area (Å²) in [5.41, 5.74) is 3.86. The molecule has 0 aliphatic heterocycles. The van der Waals surface area contributed by atoms with Gasteiger partial charge in [0, 0.05) is 55.0 Å². The summed E-state index contributed by atoms with van der Waals surface area (Å²) in [4.78, 5) is 17.2. The number of aromatic nitrogens is 4. The number of aryl methyl sites for hydroxylation is 2.